The quantitative estimate of drug-likeness (QED) is 0.830. The van der Waals surface area contributed by atoms with Gasteiger partial charge < -0.3 is 10.2 Å². The molecule has 0 spiro atoms. The minimum Gasteiger partial charge on any atom is -0.356 e. The number of hydrogen-bond donors (Lipinski definition) is 2. The Balaban J connectivity index is 1.57. The number of aryl methyl sites for hydroxylation is 2. The molecule has 0 bridgehead atoms. The number of tetrazole rings is 1. The van der Waals surface area contributed by atoms with Crippen LogP contribution < -0.4 is 10.2 Å². The van der Waals surface area contributed by atoms with Crippen molar-refractivity contribution < 1.29 is 0 Å². The fraction of sp³-hybridized carbons (Fsp3) is 0.688. The number of piperidine rings is 1. The number of nitrogens with zero attached hydrogens (tertiary/aromatic N) is 6. The van der Waals surface area contributed by atoms with Crippen molar-refractivity contribution in [1.29, 1.82) is 0 Å². The van der Waals surface area contributed by atoms with Crippen molar-refractivity contribution in [3.8, 4) is 0 Å². The zero-order valence-corrected chi connectivity index (χ0v) is 14.7. The van der Waals surface area contributed by atoms with Crippen molar-refractivity contribution in [2.24, 2.45) is 0 Å². The molecule has 3 rings (SSSR count). The number of anilines is 1. The molecule has 3 heterocycles. The molecule has 0 aliphatic carbocycles. The molecule has 1 saturated heterocycles. The van der Waals surface area contributed by atoms with E-state index in [4.69, 9.17) is 0 Å². The molecule has 2 aromatic rings. The fourth-order valence-corrected chi connectivity index (χ4v) is 3.21. The zero-order chi connectivity index (χ0) is 16.9. The van der Waals surface area contributed by atoms with Crippen LogP contribution in [0.25, 0.3) is 0 Å². The summed E-state index contributed by atoms with van der Waals surface area (Å²) in [5, 5.41) is 17.8. The van der Waals surface area contributed by atoms with Gasteiger partial charge in [0.1, 0.15) is 11.6 Å². The van der Waals surface area contributed by atoms with Gasteiger partial charge in [0.05, 0.1) is 6.04 Å². The van der Waals surface area contributed by atoms with Gasteiger partial charge in [0.25, 0.3) is 0 Å². The minimum atomic E-state index is 0.109. The van der Waals surface area contributed by atoms with Gasteiger partial charge in [0.15, 0.2) is 5.82 Å². The van der Waals surface area contributed by atoms with Crippen LogP contribution in [-0.4, -0.2) is 49.7 Å². The molecule has 0 unspecified atom stereocenters. The largest absolute Gasteiger partial charge is 0.356 e. The summed E-state index contributed by atoms with van der Waals surface area (Å²) in [6.07, 6.45) is 4.27. The summed E-state index contributed by atoms with van der Waals surface area (Å²) in [7, 11) is 0. The Hall–Kier alpha value is -2.09. The SMILES string of the molecule is CCCc1cc(N2CCC(N[C@H](C)c3nn[nH]n3)CC2)nc(C)n1. The highest BCUT2D eigenvalue weighted by Crippen LogP contribution is 2.21. The molecule has 8 heteroatoms. The summed E-state index contributed by atoms with van der Waals surface area (Å²) in [4.78, 5) is 11.5. The predicted molar refractivity (Wildman–Crippen MR) is 91.7 cm³/mol. The number of H-pyrrole nitrogens is 1. The first kappa shape index (κ1) is 16.8. The van der Waals surface area contributed by atoms with Crippen molar-refractivity contribution in [3.05, 3.63) is 23.4 Å². The van der Waals surface area contributed by atoms with E-state index in [2.05, 4.69) is 60.7 Å². The van der Waals surface area contributed by atoms with E-state index < -0.39 is 0 Å². The molecule has 0 amide bonds. The average Bonchev–Trinajstić information content (AvgIpc) is 3.10. The highest BCUT2D eigenvalue weighted by Gasteiger charge is 2.23. The van der Waals surface area contributed by atoms with Gasteiger partial charge in [-0.05, 0) is 33.1 Å². The Morgan fingerprint density at radius 3 is 2.79 bits per heavy atom. The molecule has 24 heavy (non-hydrogen) atoms. The fourth-order valence-electron chi connectivity index (χ4n) is 3.21. The average molecular weight is 330 g/mol. The Kier molecular flexibility index (Phi) is 5.34. The van der Waals surface area contributed by atoms with E-state index in [0.29, 0.717) is 11.9 Å². The highest BCUT2D eigenvalue weighted by atomic mass is 15.5. The maximum atomic E-state index is 4.63. The Morgan fingerprint density at radius 1 is 1.33 bits per heavy atom. The molecular formula is C16H26N8. The van der Waals surface area contributed by atoms with Crippen molar-refractivity contribution in [1.82, 2.24) is 35.9 Å². The number of aromatic amines is 1. The third kappa shape index (κ3) is 4.05. The van der Waals surface area contributed by atoms with Crippen LogP contribution in [0.1, 0.15) is 56.5 Å². The first-order chi connectivity index (χ1) is 11.7. The van der Waals surface area contributed by atoms with Crippen LogP contribution in [0.15, 0.2) is 6.07 Å². The summed E-state index contributed by atoms with van der Waals surface area (Å²) in [5.41, 5.74) is 1.14. The van der Waals surface area contributed by atoms with E-state index in [0.717, 1.165) is 56.1 Å². The summed E-state index contributed by atoms with van der Waals surface area (Å²) in [5.74, 6) is 2.64. The van der Waals surface area contributed by atoms with Crippen molar-refractivity contribution >= 4 is 5.82 Å². The van der Waals surface area contributed by atoms with Gasteiger partial charge in [-0.15, -0.1) is 10.2 Å². The lowest BCUT2D eigenvalue weighted by atomic mass is 10.0. The van der Waals surface area contributed by atoms with Crippen molar-refractivity contribution in [2.45, 2.75) is 58.5 Å². The normalized spacial score (nSPS) is 17.2. The smallest absolute Gasteiger partial charge is 0.191 e. The number of aromatic nitrogens is 6. The van der Waals surface area contributed by atoms with Crippen LogP contribution in [0, 0.1) is 6.92 Å². The van der Waals surface area contributed by atoms with Crippen LogP contribution in [-0.2, 0) is 6.42 Å². The standard InChI is InChI=1S/C16H26N8/c1-4-5-14-10-15(19-12(3)18-14)24-8-6-13(7-9-24)17-11(2)16-20-22-23-21-16/h10-11,13,17H,4-9H2,1-3H3,(H,20,21,22,23)/t11-/m1/s1. The first-order valence-electron chi connectivity index (χ1n) is 8.74. The van der Waals surface area contributed by atoms with Crippen LogP contribution in [0.2, 0.25) is 0 Å². The third-order valence-electron chi connectivity index (χ3n) is 4.44. The number of hydrogen-bond acceptors (Lipinski definition) is 7. The molecule has 130 valence electrons. The van der Waals surface area contributed by atoms with Crippen LogP contribution in [0.3, 0.4) is 0 Å². The monoisotopic (exact) mass is 330 g/mol. The van der Waals surface area contributed by atoms with E-state index in [-0.39, 0.29) is 6.04 Å². The van der Waals surface area contributed by atoms with E-state index in [9.17, 15) is 0 Å². The molecule has 0 aromatic carbocycles. The lowest BCUT2D eigenvalue weighted by Gasteiger charge is -2.34. The predicted octanol–water partition coefficient (Wildman–Crippen LogP) is 1.57. The molecular weight excluding hydrogens is 304 g/mol. The molecule has 1 fully saturated rings. The second-order valence-electron chi connectivity index (χ2n) is 6.43. The van der Waals surface area contributed by atoms with Gasteiger partial charge in [0.2, 0.25) is 0 Å². The van der Waals surface area contributed by atoms with Crippen molar-refractivity contribution in [3.63, 3.8) is 0 Å². The molecule has 2 N–H and O–H groups in total. The number of nitrogens with one attached hydrogen (secondary N) is 2. The van der Waals surface area contributed by atoms with Gasteiger partial charge in [-0.25, -0.2) is 9.97 Å². The summed E-state index contributed by atoms with van der Waals surface area (Å²) in [6.45, 7) is 8.22. The Morgan fingerprint density at radius 2 is 2.12 bits per heavy atom. The number of rotatable bonds is 6. The lowest BCUT2D eigenvalue weighted by molar-refractivity contribution is 0.373. The topological polar surface area (TPSA) is 95.5 Å². The van der Waals surface area contributed by atoms with E-state index in [1.54, 1.807) is 0 Å². The molecule has 8 nitrogen and oxygen atoms in total. The molecule has 0 radical (unpaired) electrons. The summed E-state index contributed by atoms with van der Waals surface area (Å²) < 4.78 is 0. The highest BCUT2D eigenvalue weighted by molar-refractivity contribution is 5.40. The molecule has 1 aliphatic rings. The minimum absolute atomic E-state index is 0.109. The van der Waals surface area contributed by atoms with Gasteiger partial charge >= 0.3 is 0 Å². The van der Waals surface area contributed by atoms with Crippen LogP contribution in [0.5, 0.6) is 0 Å². The summed E-state index contributed by atoms with van der Waals surface area (Å²) in [6, 6.07) is 2.72. The molecule has 2 aromatic heterocycles. The third-order valence-corrected chi connectivity index (χ3v) is 4.44. The lowest BCUT2D eigenvalue weighted by Crippen LogP contribution is -2.43. The van der Waals surface area contributed by atoms with Gasteiger partial charge in [-0.1, -0.05) is 18.6 Å². The molecule has 0 saturated carbocycles. The second-order valence-corrected chi connectivity index (χ2v) is 6.43. The Labute approximate surface area is 142 Å². The maximum absolute atomic E-state index is 4.63. The first-order valence-corrected chi connectivity index (χ1v) is 8.74. The molecule has 1 aliphatic heterocycles. The van der Waals surface area contributed by atoms with Gasteiger partial charge in [0, 0.05) is 30.9 Å². The molecule has 1 atom stereocenters. The van der Waals surface area contributed by atoms with E-state index in [1.807, 2.05) is 6.92 Å². The Bertz CT molecular complexity index is 634. The van der Waals surface area contributed by atoms with E-state index >= 15 is 0 Å². The van der Waals surface area contributed by atoms with Gasteiger partial charge in [-0.3, -0.25) is 0 Å². The van der Waals surface area contributed by atoms with Crippen molar-refractivity contribution in [2.75, 3.05) is 18.0 Å². The summed E-state index contributed by atoms with van der Waals surface area (Å²) >= 11 is 0. The maximum Gasteiger partial charge on any atom is 0.191 e. The van der Waals surface area contributed by atoms with Gasteiger partial charge in [-0.2, -0.15) is 5.21 Å². The second kappa shape index (κ2) is 7.65. The van der Waals surface area contributed by atoms with Crippen LogP contribution in [0.4, 0.5) is 5.82 Å². The van der Waals surface area contributed by atoms with E-state index in [1.165, 1.54) is 0 Å². The van der Waals surface area contributed by atoms with Crippen LogP contribution >= 0.6 is 0 Å². The zero-order valence-electron chi connectivity index (χ0n) is 14.7.